The lowest BCUT2D eigenvalue weighted by Crippen LogP contribution is -2.27. The van der Waals surface area contributed by atoms with Crippen molar-refractivity contribution >= 4 is 27.2 Å². The molecule has 0 bridgehead atoms. The lowest BCUT2D eigenvalue weighted by atomic mass is 10.0. The summed E-state index contributed by atoms with van der Waals surface area (Å²) in [4.78, 5) is 12.1. The van der Waals surface area contributed by atoms with E-state index in [4.69, 9.17) is 14.8 Å². The van der Waals surface area contributed by atoms with Crippen molar-refractivity contribution in [2.75, 3.05) is 7.11 Å². The predicted octanol–water partition coefficient (Wildman–Crippen LogP) is 3.12. The standard InChI is InChI=1S/C20H20N6OS/c1-27-12-5-2-4-11(8-12)14-9-15(24-23-14)18-22-19-17-13-6-3-7-16(13)28-20(17)21-10-26(19)25-18/h2,4-5,8,10,14-15,23-24H,3,6-7,9H2,1H3. The molecular formula is C20H20N6OS. The number of thiophene rings is 1. The Morgan fingerprint density at radius 3 is 3.07 bits per heavy atom. The van der Waals surface area contributed by atoms with Crippen LogP contribution in [0.2, 0.25) is 0 Å². The van der Waals surface area contributed by atoms with E-state index in [1.165, 1.54) is 34.2 Å². The number of nitrogens with zero attached hydrogens (tertiary/aromatic N) is 4. The minimum absolute atomic E-state index is 0.0536. The quantitative estimate of drug-likeness (QED) is 0.558. The van der Waals surface area contributed by atoms with E-state index in [2.05, 4.69) is 28.0 Å². The summed E-state index contributed by atoms with van der Waals surface area (Å²) in [6, 6.07) is 8.41. The Morgan fingerprint density at radius 2 is 2.14 bits per heavy atom. The van der Waals surface area contributed by atoms with Crippen molar-refractivity contribution in [1.82, 2.24) is 30.4 Å². The molecule has 1 aliphatic heterocycles. The van der Waals surface area contributed by atoms with E-state index in [1.54, 1.807) is 13.4 Å². The number of fused-ring (bicyclic) bond motifs is 5. The van der Waals surface area contributed by atoms with Gasteiger partial charge in [0.25, 0.3) is 0 Å². The van der Waals surface area contributed by atoms with Gasteiger partial charge in [0.05, 0.1) is 18.5 Å². The number of rotatable bonds is 3. The average molecular weight is 392 g/mol. The van der Waals surface area contributed by atoms with Crippen LogP contribution in [-0.4, -0.2) is 26.7 Å². The predicted molar refractivity (Wildman–Crippen MR) is 108 cm³/mol. The first-order valence-electron chi connectivity index (χ1n) is 9.60. The molecule has 1 aromatic carbocycles. The molecule has 0 amide bonds. The molecule has 4 aromatic rings. The third-order valence-corrected chi connectivity index (χ3v) is 6.97. The van der Waals surface area contributed by atoms with Gasteiger partial charge in [0.1, 0.15) is 16.9 Å². The zero-order valence-corrected chi connectivity index (χ0v) is 16.3. The van der Waals surface area contributed by atoms with Crippen molar-refractivity contribution < 1.29 is 4.74 Å². The van der Waals surface area contributed by atoms with E-state index in [0.717, 1.165) is 34.9 Å². The number of hydrogen-bond acceptors (Lipinski definition) is 7. The zero-order valence-electron chi connectivity index (χ0n) is 15.5. The van der Waals surface area contributed by atoms with Crippen molar-refractivity contribution in [2.24, 2.45) is 0 Å². The van der Waals surface area contributed by atoms with Gasteiger partial charge in [0.15, 0.2) is 11.5 Å². The lowest BCUT2D eigenvalue weighted by Gasteiger charge is -2.10. The van der Waals surface area contributed by atoms with Gasteiger partial charge in [-0.25, -0.2) is 25.3 Å². The van der Waals surface area contributed by atoms with E-state index in [0.29, 0.717) is 0 Å². The minimum Gasteiger partial charge on any atom is -0.497 e. The molecule has 0 radical (unpaired) electrons. The highest BCUT2D eigenvalue weighted by Crippen LogP contribution is 2.38. The largest absolute Gasteiger partial charge is 0.497 e. The van der Waals surface area contributed by atoms with Crippen LogP contribution >= 0.6 is 11.3 Å². The fourth-order valence-corrected chi connectivity index (χ4v) is 5.58. The maximum atomic E-state index is 5.35. The third-order valence-electron chi connectivity index (χ3n) is 5.77. The number of methoxy groups -OCH3 is 1. The van der Waals surface area contributed by atoms with Gasteiger partial charge in [0.2, 0.25) is 0 Å². The highest BCUT2D eigenvalue weighted by atomic mass is 32.1. The van der Waals surface area contributed by atoms with Gasteiger partial charge < -0.3 is 4.74 Å². The van der Waals surface area contributed by atoms with Crippen LogP contribution in [0.15, 0.2) is 30.6 Å². The number of hydrogen-bond donors (Lipinski definition) is 2. The first-order chi connectivity index (χ1) is 13.8. The number of ether oxygens (including phenoxy) is 1. The lowest BCUT2D eigenvalue weighted by molar-refractivity contribution is 0.413. The van der Waals surface area contributed by atoms with Crippen LogP contribution in [-0.2, 0) is 12.8 Å². The van der Waals surface area contributed by atoms with Gasteiger partial charge in [0, 0.05) is 10.9 Å². The molecule has 2 atom stereocenters. The van der Waals surface area contributed by atoms with E-state index in [1.807, 2.05) is 28.0 Å². The molecule has 1 fully saturated rings. The Balaban J connectivity index is 1.35. The number of benzene rings is 1. The van der Waals surface area contributed by atoms with E-state index < -0.39 is 0 Å². The van der Waals surface area contributed by atoms with Gasteiger partial charge in [-0.05, 0) is 48.9 Å². The van der Waals surface area contributed by atoms with Crippen LogP contribution in [0, 0.1) is 0 Å². The normalized spacial score (nSPS) is 21.6. The zero-order chi connectivity index (χ0) is 18.7. The summed E-state index contributed by atoms with van der Waals surface area (Å²) in [6.07, 6.45) is 6.19. The summed E-state index contributed by atoms with van der Waals surface area (Å²) in [5, 5.41) is 5.94. The molecule has 4 heterocycles. The highest BCUT2D eigenvalue weighted by Gasteiger charge is 2.30. The molecule has 8 heteroatoms. The van der Waals surface area contributed by atoms with Crippen molar-refractivity contribution in [3.63, 3.8) is 0 Å². The maximum Gasteiger partial charge on any atom is 0.170 e. The van der Waals surface area contributed by atoms with E-state index in [9.17, 15) is 0 Å². The first-order valence-corrected chi connectivity index (χ1v) is 10.4. The van der Waals surface area contributed by atoms with Gasteiger partial charge in [-0.3, -0.25) is 0 Å². The molecular weight excluding hydrogens is 372 g/mol. The summed E-state index contributed by atoms with van der Waals surface area (Å²) in [7, 11) is 1.69. The van der Waals surface area contributed by atoms with Crippen LogP contribution < -0.4 is 15.6 Å². The number of nitrogens with one attached hydrogen (secondary N) is 2. The van der Waals surface area contributed by atoms with Crippen molar-refractivity contribution in [3.8, 4) is 5.75 Å². The average Bonchev–Trinajstić information content (AvgIpc) is 3.48. The van der Waals surface area contributed by atoms with Gasteiger partial charge in [-0.2, -0.15) is 0 Å². The molecule has 6 rings (SSSR count). The smallest absolute Gasteiger partial charge is 0.170 e. The SMILES string of the molecule is COc1cccc(C2CC(c3nc4c5c6c(sc5ncn4n3)CCC6)NN2)c1. The van der Waals surface area contributed by atoms with Gasteiger partial charge in [-0.1, -0.05) is 12.1 Å². The Hall–Kier alpha value is -2.55. The Kier molecular flexibility index (Phi) is 3.65. The summed E-state index contributed by atoms with van der Waals surface area (Å²) in [5.74, 6) is 1.68. The summed E-state index contributed by atoms with van der Waals surface area (Å²) in [6.45, 7) is 0. The molecule has 0 spiro atoms. The second-order valence-electron chi connectivity index (χ2n) is 7.43. The fourth-order valence-electron chi connectivity index (χ4n) is 4.36. The fraction of sp³-hybridized carbons (Fsp3) is 0.350. The Bertz CT molecular complexity index is 1200. The molecule has 2 aliphatic rings. The van der Waals surface area contributed by atoms with Crippen LogP contribution in [0.1, 0.15) is 46.8 Å². The van der Waals surface area contributed by atoms with Crippen LogP contribution in [0.4, 0.5) is 0 Å². The molecule has 7 nitrogen and oxygen atoms in total. The number of aromatic nitrogens is 4. The molecule has 3 aromatic heterocycles. The number of aryl methyl sites for hydroxylation is 2. The second-order valence-corrected chi connectivity index (χ2v) is 8.51. The molecule has 28 heavy (non-hydrogen) atoms. The molecule has 1 saturated heterocycles. The summed E-state index contributed by atoms with van der Waals surface area (Å²) < 4.78 is 7.19. The van der Waals surface area contributed by atoms with Gasteiger partial charge >= 0.3 is 0 Å². The van der Waals surface area contributed by atoms with Crippen LogP contribution in [0.3, 0.4) is 0 Å². The Labute approximate surface area is 165 Å². The van der Waals surface area contributed by atoms with Crippen LogP contribution in [0.5, 0.6) is 5.75 Å². The van der Waals surface area contributed by atoms with Crippen molar-refractivity contribution in [2.45, 2.75) is 37.8 Å². The molecule has 2 unspecified atom stereocenters. The van der Waals surface area contributed by atoms with E-state index >= 15 is 0 Å². The minimum atomic E-state index is 0.0536. The summed E-state index contributed by atoms with van der Waals surface area (Å²) >= 11 is 1.81. The first kappa shape index (κ1) is 16.4. The second kappa shape index (κ2) is 6.23. The van der Waals surface area contributed by atoms with Gasteiger partial charge in [-0.15, -0.1) is 16.4 Å². The monoisotopic (exact) mass is 392 g/mol. The van der Waals surface area contributed by atoms with Crippen LogP contribution in [0.25, 0.3) is 15.9 Å². The number of hydrazine groups is 1. The van der Waals surface area contributed by atoms with Crippen molar-refractivity contribution in [3.05, 3.63) is 52.4 Å². The van der Waals surface area contributed by atoms with Crippen molar-refractivity contribution in [1.29, 1.82) is 0 Å². The highest BCUT2D eigenvalue weighted by molar-refractivity contribution is 7.19. The third kappa shape index (κ3) is 2.45. The Morgan fingerprint density at radius 1 is 1.21 bits per heavy atom. The summed E-state index contributed by atoms with van der Waals surface area (Å²) in [5.41, 5.74) is 10.3. The topological polar surface area (TPSA) is 76.4 Å². The molecule has 1 aliphatic carbocycles. The molecule has 0 saturated carbocycles. The maximum absolute atomic E-state index is 5.35. The van der Waals surface area contributed by atoms with E-state index in [-0.39, 0.29) is 12.1 Å². The molecule has 142 valence electrons. The molecule has 2 N–H and O–H groups in total.